The van der Waals surface area contributed by atoms with Crippen molar-refractivity contribution in [2.75, 3.05) is 5.32 Å². The number of nitrogens with zero attached hydrogens (tertiary/aromatic N) is 2. The maximum Gasteiger partial charge on any atom is 0.292 e. The quantitative estimate of drug-likeness (QED) is 0.723. The zero-order valence-electron chi connectivity index (χ0n) is 15.3. The topological polar surface area (TPSA) is 75.5 Å². The Morgan fingerprint density at radius 2 is 1.75 bits per heavy atom. The van der Waals surface area contributed by atoms with Crippen molar-refractivity contribution in [3.05, 3.63) is 66.0 Å². The van der Waals surface area contributed by atoms with Gasteiger partial charge in [0.05, 0.1) is 5.52 Å². The summed E-state index contributed by atoms with van der Waals surface area (Å²) in [6, 6.07) is 11.0. The summed E-state index contributed by atoms with van der Waals surface area (Å²) in [5, 5.41) is 5.74. The third-order valence-electron chi connectivity index (χ3n) is 5.01. The van der Waals surface area contributed by atoms with Gasteiger partial charge in [0, 0.05) is 17.9 Å². The second-order valence-electron chi connectivity index (χ2n) is 7.01. The maximum atomic E-state index is 13.1. The Bertz CT molecular complexity index is 1010. The highest BCUT2D eigenvalue weighted by atomic mass is 19.1. The monoisotopic (exact) mass is 380 g/mol. The van der Waals surface area contributed by atoms with Crippen molar-refractivity contribution in [3.63, 3.8) is 0 Å². The molecule has 144 valence electrons. The summed E-state index contributed by atoms with van der Waals surface area (Å²) in [6.07, 6.45) is 7.05. The molecule has 0 radical (unpaired) electrons. The van der Waals surface area contributed by atoms with Crippen molar-refractivity contribution in [2.24, 2.45) is 0 Å². The summed E-state index contributed by atoms with van der Waals surface area (Å²) < 4.78 is 14.7. The summed E-state index contributed by atoms with van der Waals surface area (Å²) in [4.78, 5) is 29.9. The Kier molecular flexibility index (Phi) is 5.06. The second kappa shape index (κ2) is 7.80. The number of imidazole rings is 1. The van der Waals surface area contributed by atoms with Crippen LogP contribution in [0.5, 0.6) is 0 Å². The lowest BCUT2D eigenvalue weighted by Gasteiger charge is -2.22. The molecule has 1 saturated carbocycles. The summed E-state index contributed by atoms with van der Waals surface area (Å²) in [5.41, 5.74) is 1.25. The van der Waals surface area contributed by atoms with Gasteiger partial charge in [0.15, 0.2) is 5.69 Å². The van der Waals surface area contributed by atoms with E-state index in [2.05, 4.69) is 15.6 Å². The number of pyridine rings is 1. The fourth-order valence-electron chi connectivity index (χ4n) is 3.59. The Morgan fingerprint density at radius 1 is 1.00 bits per heavy atom. The largest absolute Gasteiger partial charge is 0.348 e. The fraction of sp³-hybridized carbons (Fsp3) is 0.286. The van der Waals surface area contributed by atoms with Crippen LogP contribution < -0.4 is 10.6 Å². The molecular formula is C21H21FN4O2. The number of hydrogen-bond donors (Lipinski definition) is 2. The first-order chi connectivity index (χ1) is 13.6. The molecule has 0 spiro atoms. The second-order valence-corrected chi connectivity index (χ2v) is 7.01. The number of anilines is 1. The van der Waals surface area contributed by atoms with Gasteiger partial charge in [0.25, 0.3) is 11.8 Å². The first-order valence-electron chi connectivity index (χ1n) is 9.47. The van der Waals surface area contributed by atoms with Crippen LogP contribution in [0.4, 0.5) is 10.1 Å². The first kappa shape index (κ1) is 18.2. The molecule has 1 aliphatic rings. The van der Waals surface area contributed by atoms with Gasteiger partial charge in [-0.3, -0.25) is 14.0 Å². The van der Waals surface area contributed by atoms with Crippen LogP contribution in [0, 0.1) is 5.82 Å². The van der Waals surface area contributed by atoms with Gasteiger partial charge in [-0.1, -0.05) is 25.3 Å². The molecule has 0 saturated heterocycles. The molecule has 2 aromatic heterocycles. The maximum absolute atomic E-state index is 13.1. The predicted molar refractivity (Wildman–Crippen MR) is 104 cm³/mol. The number of hydrogen-bond acceptors (Lipinski definition) is 3. The molecule has 3 aromatic rings. The highest BCUT2D eigenvalue weighted by Gasteiger charge is 2.24. The van der Waals surface area contributed by atoms with Crippen molar-refractivity contribution in [1.29, 1.82) is 0 Å². The lowest BCUT2D eigenvalue weighted by atomic mass is 9.95. The number of carbonyl (C=O) groups excluding carboxylic acids is 2. The highest BCUT2D eigenvalue weighted by Crippen LogP contribution is 2.20. The molecular weight excluding hydrogens is 359 g/mol. The first-order valence-corrected chi connectivity index (χ1v) is 9.47. The van der Waals surface area contributed by atoms with E-state index in [1.165, 1.54) is 30.7 Å². The van der Waals surface area contributed by atoms with Gasteiger partial charge in [0.2, 0.25) is 5.82 Å². The number of aromatic nitrogens is 2. The molecule has 0 bridgehead atoms. The number of nitrogens with one attached hydrogen (secondary N) is 2. The number of halogens is 1. The van der Waals surface area contributed by atoms with Gasteiger partial charge in [0.1, 0.15) is 5.82 Å². The van der Waals surface area contributed by atoms with Crippen molar-refractivity contribution in [1.82, 2.24) is 14.7 Å². The molecule has 2 N–H and O–H groups in total. The van der Waals surface area contributed by atoms with Crippen LogP contribution in [0.15, 0.2) is 48.7 Å². The molecule has 1 fully saturated rings. The van der Waals surface area contributed by atoms with E-state index in [9.17, 15) is 14.0 Å². The minimum Gasteiger partial charge on any atom is -0.348 e. The van der Waals surface area contributed by atoms with Gasteiger partial charge < -0.3 is 10.6 Å². The Balaban J connectivity index is 1.61. The van der Waals surface area contributed by atoms with E-state index >= 15 is 0 Å². The minimum atomic E-state index is -0.468. The van der Waals surface area contributed by atoms with Crippen LogP contribution in [0.1, 0.15) is 53.2 Å². The van der Waals surface area contributed by atoms with Crippen LogP contribution in [0.2, 0.25) is 0 Å². The van der Waals surface area contributed by atoms with Crippen LogP contribution >= 0.6 is 0 Å². The van der Waals surface area contributed by atoms with Crippen LogP contribution in [-0.2, 0) is 0 Å². The van der Waals surface area contributed by atoms with Gasteiger partial charge in [-0.25, -0.2) is 9.37 Å². The zero-order chi connectivity index (χ0) is 19.5. The third kappa shape index (κ3) is 3.74. The SMILES string of the molecule is O=C(NC1CCCCC1)c1nc(C(=O)Nc2ccc(F)cc2)n2ccccc12. The molecule has 2 amide bonds. The van der Waals surface area contributed by atoms with Crippen LogP contribution in [0.3, 0.4) is 0 Å². The molecule has 0 unspecified atom stereocenters. The van der Waals surface area contributed by atoms with Crippen LogP contribution in [0.25, 0.3) is 5.52 Å². The molecule has 7 heteroatoms. The highest BCUT2D eigenvalue weighted by molar-refractivity contribution is 6.06. The number of amides is 2. The average molecular weight is 380 g/mol. The molecule has 0 atom stereocenters. The zero-order valence-corrected chi connectivity index (χ0v) is 15.3. The Hall–Kier alpha value is -3.22. The number of carbonyl (C=O) groups is 2. The van der Waals surface area contributed by atoms with Crippen molar-refractivity contribution >= 4 is 23.0 Å². The van der Waals surface area contributed by atoms with E-state index < -0.39 is 5.91 Å². The summed E-state index contributed by atoms with van der Waals surface area (Å²) in [7, 11) is 0. The lowest BCUT2D eigenvalue weighted by molar-refractivity contribution is 0.0925. The van der Waals surface area contributed by atoms with Gasteiger partial charge in [-0.05, 0) is 49.2 Å². The standard InChI is InChI=1S/C21H21FN4O2/c22-14-9-11-16(12-10-14)24-21(28)19-25-18(17-8-4-5-13-26(17)19)20(27)23-15-6-2-1-3-7-15/h4-5,8-13,15H,1-3,6-7H2,(H,23,27)(H,24,28). The summed E-state index contributed by atoms with van der Waals surface area (Å²) in [6.45, 7) is 0. The van der Waals surface area contributed by atoms with Crippen molar-refractivity contribution < 1.29 is 14.0 Å². The average Bonchev–Trinajstić information content (AvgIpc) is 3.10. The smallest absolute Gasteiger partial charge is 0.292 e. The molecule has 6 nitrogen and oxygen atoms in total. The predicted octanol–water partition coefficient (Wildman–Crippen LogP) is 3.79. The summed E-state index contributed by atoms with van der Waals surface area (Å²) >= 11 is 0. The fourth-order valence-corrected chi connectivity index (χ4v) is 3.59. The van der Waals surface area contributed by atoms with E-state index in [-0.39, 0.29) is 29.3 Å². The number of rotatable bonds is 4. The molecule has 1 aromatic carbocycles. The Labute approximate surface area is 161 Å². The Morgan fingerprint density at radius 3 is 2.50 bits per heavy atom. The van der Waals surface area contributed by atoms with Crippen molar-refractivity contribution in [3.8, 4) is 0 Å². The van der Waals surface area contributed by atoms with E-state index in [0.29, 0.717) is 11.2 Å². The summed E-state index contributed by atoms with van der Waals surface area (Å²) in [5.74, 6) is -1.01. The molecule has 0 aliphatic heterocycles. The minimum absolute atomic E-state index is 0.105. The third-order valence-corrected chi connectivity index (χ3v) is 5.01. The van der Waals surface area contributed by atoms with E-state index in [1.807, 2.05) is 0 Å². The molecule has 2 heterocycles. The normalized spacial score (nSPS) is 14.8. The van der Waals surface area contributed by atoms with E-state index in [4.69, 9.17) is 0 Å². The molecule has 4 rings (SSSR count). The lowest BCUT2D eigenvalue weighted by Crippen LogP contribution is -2.36. The van der Waals surface area contributed by atoms with Crippen LogP contribution in [-0.4, -0.2) is 27.2 Å². The van der Waals surface area contributed by atoms with E-state index in [0.717, 1.165) is 25.7 Å². The number of benzene rings is 1. The molecule has 28 heavy (non-hydrogen) atoms. The van der Waals surface area contributed by atoms with Gasteiger partial charge in [-0.2, -0.15) is 0 Å². The molecule has 1 aliphatic carbocycles. The van der Waals surface area contributed by atoms with E-state index in [1.54, 1.807) is 28.8 Å². The van der Waals surface area contributed by atoms with Crippen molar-refractivity contribution in [2.45, 2.75) is 38.1 Å². The number of fused-ring (bicyclic) bond motifs is 1. The van der Waals surface area contributed by atoms with Gasteiger partial charge >= 0.3 is 0 Å². The van der Waals surface area contributed by atoms with Gasteiger partial charge in [-0.15, -0.1) is 0 Å².